The fourth-order valence-electron chi connectivity index (χ4n) is 2.78. The second kappa shape index (κ2) is 13.7. The van der Waals surface area contributed by atoms with Gasteiger partial charge in [-0.05, 0) is 61.4 Å². The van der Waals surface area contributed by atoms with Gasteiger partial charge in [0.1, 0.15) is 5.60 Å². The highest BCUT2D eigenvalue weighted by atomic mass is 127. The summed E-state index contributed by atoms with van der Waals surface area (Å²) in [5, 5.41) is 21.0. The Morgan fingerprint density at radius 3 is 2.85 bits per heavy atom. The highest BCUT2D eigenvalue weighted by Crippen LogP contribution is 2.23. The molecule has 0 amide bonds. The van der Waals surface area contributed by atoms with Gasteiger partial charge in [0.15, 0.2) is 5.96 Å². The first kappa shape index (κ1) is 24.6. The maximum absolute atomic E-state index is 10.6. The van der Waals surface area contributed by atoms with E-state index in [9.17, 15) is 5.11 Å². The van der Waals surface area contributed by atoms with Crippen molar-refractivity contribution in [3.63, 3.8) is 0 Å². The lowest BCUT2D eigenvalue weighted by Crippen LogP contribution is -2.39. The SMILES string of the molecule is CCNC(=NCC(C)(O)c1ccsc1)NCCCOCC1CCOCC1.I. The highest BCUT2D eigenvalue weighted by Gasteiger charge is 2.23. The molecule has 0 spiro atoms. The summed E-state index contributed by atoms with van der Waals surface area (Å²) >= 11 is 1.58. The number of thiophene rings is 1. The Kier molecular flexibility index (Phi) is 12.5. The average molecular weight is 511 g/mol. The molecule has 0 aliphatic carbocycles. The van der Waals surface area contributed by atoms with Gasteiger partial charge in [0.25, 0.3) is 0 Å². The standard InChI is InChI=1S/C19H33N3O3S.HI/c1-3-20-18(22-15-19(2,23)17-7-12-26-14-17)21-8-4-9-25-13-16-5-10-24-11-6-16;/h7,12,14,16,23H,3-6,8-11,13,15H2,1-2H3,(H2,20,21,22);1H. The number of halogens is 1. The Bertz CT molecular complexity index is 520. The molecule has 2 rings (SSSR count). The van der Waals surface area contributed by atoms with E-state index in [1.54, 1.807) is 18.3 Å². The number of guanidine groups is 1. The molecule has 1 aromatic heterocycles. The zero-order valence-electron chi connectivity index (χ0n) is 16.4. The van der Waals surface area contributed by atoms with E-state index >= 15 is 0 Å². The Morgan fingerprint density at radius 2 is 2.19 bits per heavy atom. The van der Waals surface area contributed by atoms with Gasteiger partial charge in [0.05, 0.1) is 6.54 Å². The van der Waals surface area contributed by atoms with Crippen LogP contribution in [-0.2, 0) is 15.1 Å². The van der Waals surface area contributed by atoms with E-state index in [1.807, 2.05) is 23.8 Å². The molecule has 1 aromatic rings. The van der Waals surface area contributed by atoms with E-state index in [4.69, 9.17) is 9.47 Å². The summed E-state index contributed by atoms with van der Waals surface area (Å²) in [6, 6.07) is 1.94. The van der Waals surface area contributed by atoms with Crippen LogP contribution in [0.25, 0.3) is 0 Å². The molecule has 0 saturated carbocycles. The minimum absolute atomic E-state index is 0. The fraction of sp³-hybridized carbons (Fsp3) is 0.737. The minimum atomic E-state index is -0.949. The molecule has 1 fully saturated rings. The lowest BCUT2D eigenvalue weighted by Gasteiger charge is -2.22. The third-order valence-corrected chi connectivity index (χ3v) is 5.17. The van der Waals surface area contributed by atoms with E-state index in [1.165, 1.54) is 0 Å². The van der Waals surface area contributed by atoms with Gasteiger partial charge >= 0.3 is 0 Å². The normalized spacial score (nSPS) is 17.8. The van der Waals surface area contributed by atoms with Crippen molar-refractivity contribution in [1.29, 1.82) is 0 Å². The topological polar surface area (TPSA) is 75.1 Å². The van der Waals surface area contributed by atoms with Crippen LogP contribution in [0.15, 0.2) is 21.8 Å². The van der Waals surface area contributed by atoms with Gasteiger partial charge in [-0.15, -0.1) is 24.0 Å². The van der Waals surface area contributed by atoms with Crippen LogP contribution >= 0.6 is 35.3 Å². The monoisotopic (exact) mass is 511 g/mol. The molecule has 156 valence electrons. The number of hydrogen-bond acceptors (Lipinski definition) is 5. The van der Waals surface area contributed by atoms with Crippen LogP contribution in [-0.4, -0.2) is 57.1 Å². The van der Waals surface area contributed by atoms with Gasteiger partial charge in [0, 0.05) is 39.5 Å². The predicted octanol–water partition coefficient (Wildman–Crippen LogP) is 2.96. The molecule has 6 nitrogen and oxygen atoms in total. The molecule has 1 aliphatic heterocycles. The van der Waals surface area contributed by atoms with Crippen LogP contribution in [0.1, 0.15) is 38.7 Å². The van der Waals surface area contributed by atoms with Crippen molar-refractivity contribution >= 4 is 41.3 Å². The van der Waals surface area contributed by atoms with Crippen molar-refractivity contribution in [2.24, 2.45) is 10.9 Å². The zero-order chi connectivity index (χ0) is 18.7. The van der Waals surface area contributed by atoms with Crippen LogP contribution < -0.4 is 10.6 Å². The largest absolute Gasteiger partial charge is 0.383 e. The molecular formula is C19H34IN3O3S. The maximum Gasteiger partial charge on any atom is 0.191 e. The van der Waals surface area contributed by atoms with Crippen LogP contribution in [0.3, 0.4) is 0 Å². The lowest BCUT2D eigenvalue weighted by atomic mass is 10.00. The summed E-state index contributed by atoms with van der Waals surface area (Å²) < 4.78 is 11.1. The molecule has 0 radical (unpaired) electrons. The number of rotatable bonds is 10. The molecule has 27 heavy (non-hydrogen) atoms. The molecule has 1 aliphatic rings. The summed E-state index contributed by atoms with van der Waals surface area (Å²) in [6.45, 7) is 9.04. The molecular weight excluding hydrogens is 477 g/mol. The van der Waals surface area contributed by atoms with Crippen LogP contribution in [0.2, 0.25) is 0 Å². The second-order valence-electron chi connectivity index (χ2n) is 6.89. The first-order valence-corrected chi connectivity index (χ1v) is 10.5. The van der Waals surface area contributed by atoms with Gasteiger partial charge in [0.2, 0.25) is 0 Å². The Hall–Kier alpha value is -0.420. The smallest absolute Gasteiger partial charge is 0.191 e. The summed E-state index contributed by atoms with van der Waals surface area (Å²) in [5.74, 6) is 1.38. The van der Waals surface area contributed by atoms with Crippen molar-refractivity contribution in [3.8, 4) is 0 Å². The number of aliphatic hydroxyl groups is 1. The Balaban J connectivity index is 0.00000364. The zero-order valence-corrected chi connectivity index (χ0v) is 19.6. The third-order valence-electron chi connectivity index (χ3n) is 4.48. The molecule has 8 heteroatoms. The molecule has 1 saturated heterocycles. The fourth-order valence-corrected chi connectivity index (χ4v) is 3.56. The Morgan fingerprint density at radius 1 is 1.41 bits per heavy atom. The highest BCUT2D eigenvalue weighted by molar-refractivity contribution is 14.0. The van der Waals surface area contributed by atoms with Crippen molar-refractivity contribution in [1.82, 2.24) is 10.6 Å². The van der Waals surface area contributed by atoms with Crippen LogP contribution in [0.5, 0.6) is 0 Å². The van der Waals surface area contributed by atoms with Gasteiger partial charge < -0.3 is 25.2 Å². The summed E-state index contributed by atoms with van der Waals surface area (Å²) in [7, 11) is 0. The van der Waals surface area contributed by atoms with Gasteiger partial charge in [-0.25, -0.2) is 4.99 Å². The number of hydrogen-bond donors (Lipinski definition) is 3. The first-order valence-electron chi connectivity index (χ1n) is 9.54. The van der Waals surface area contributed by atoms with Gasteiger partial charge in [-0.2, -0.15) is 11.3 Å². The minimum Gasteiger partial charge on any atom is -0.383 e. The molecule has 0 aromatic carbocycles. The maximum atomic E-state index is 10.6. The molecule has 2 heterocycles. The summed E-state index contributed by atoms with van der Waals surface area (Å²) in [4.78, 5) is 4.53. The molecule has 0 bridgehead atoms. The number of nitrogens with zero attached hydrogens (tertiary/aromatic N) is 1. The molecule has 1 unspecified atom stereocenters. The van der Waals surface area contributed by atoms with Gasteiger partial charge in [-0.1, -0.05) is 0 Å². The quantitative estimate of drug-likeness (QED) is 0.195. The van der Waals surface area contributed by atoms with Crippen molar-refractivity contribution in [2.75, 3.05) is 46.1 Å². The lowest BCUT2D eigenvalue weighted by molar-refractivity contribution is 0.0203. The summed E-state index contributed by atoms with van der Waals surface area (Å²) in [5.41, 5.74) is -0.0431. The van der Waals surface area contributed by atoms with Crippen LogP contribution in [0, 0.1) is 5.92 Å². The molecule has 3 N–H and O–H groups in total. The Labute approximate surface area is 184 Å². The number of nitrogens with one attached hydrogen (secondary N) is 2. The second-order valence-corrected chi connectivity index (χ2v) is 7.67. The predicted molar refractivity (Wildman–Crippen MR) is 122 cm³/mol. The van der Waals surface area contributed by atoms with E-state index in [0.29, 0.717) is 12.5 Å². The van der Waals surface area contributed by atoms with Crippen molar-refractivity contribution < 1.29 is 14.6 Å². The van der Waals surface area contributed by atoms with E-state index in [0.717, 1.165) is 70.3 Å². The van der Waals surface area contributed by atoms with Crippen molar-refractivity contribution in [2.45, 2.75) is 38.7 Å². The third kappa shape index (κ3) is 9.56. The molecule has 1 atom stereocenters. The number of ether oxygens (including phenoxy) is 2. The van der Waals surface area contributed by atoms with E-state index in [-0.39, 0.29) is 24.0 Å². The number of aliphatic imine (C=N–C) groups is 1. The van der Waals surface area contributed by atoms with Crippen molar-refractivity contribution in [3.05, 3.63) is 22.4 Å². The summed E-state index contributed by atoms with van der Waals surface area (Å²) in [6.07, 6.45) is 3.15. The average Bonchev–Trinajstić information content (AvgIpc) is 3.19. The first-order chi connectivity index (χ1) is 12.6. The van der Waals surface area contributed by atoms with Crippen LogP contribution in [0.4, 0.5) is 0 Å². The van der Waals surface area contributed by atoms with E-state index < -0.39 is 5.60 Å². The van der Waals surface area contributed by atoms with Gasteiger partial charge in [-0.3, -0.25) is 0 Å². The van der Waals surface area contributed by atoms with E-state index in [2.05, 4.69) is 15.6 Å².